The van der Waals surface area contributed by atoms with Gasteiger partial charge in [0, 0.05) is 23.9 Å². The van der Waals surface area contributed by atoms with Crippen molar-refractivity contribution in [2.75, 3.05) is 18.6 Å². The number of aromatic nitrogens is 5. The minimum atomic E-state index is -1.46. The number of thiazole rings is 1. The molecule has 0 bridgehead atoms. The molecule has 1 N–H and O–H groups in total. The number of carboxylic acid groups (broad SMARTS) is 1. The molecule has 2 aromatic heterocycles. The number of amides is 2. The molecule has 13 nitrogen and oxygen atoms in total. The second-order valence-corrected chi connectivity index (χ2v) is 10.8. The van der Waals surface area contributed by atoms with Gasteiger partial charge in [-0.25, -0.2) is 9.67 Å². The standard InChI is InChI=1S/C16H15BrN8O5S3.Na/c1-24-16(20-22-23-24)33-4-6-3-31-13-9(12(27)25(13)10(6)14(28)29)19-11(26)8(21-30-2)7-5-32-15(17)18-7;/h5,9,13H,3-4H2,1-2H3,(H,19,26)(H,28,29);/q;+1/p-1/t9?,13-;/m0./s1. The zero-order chi connectivity index (χ0) is 23.7. The monoisotopic (exact) mass is 596 g/mol. The molecule has 2 aromatic rings. The Morgan fingerprint density at radius 3 is 2.82 bits per heavy atom. The first kappa shape index (κ1) is 27.1. The van der Waals surface area contributed by atoms with Crippen LogP contribution >= 0.6 is 50.8 Å². The normalized spacial score (nSPS) is 19.8. The molecule has 2 amide bonds. The molecule has 4 heterocycles. The van der Waals surface area contributed by atoms with Crippen LogP contribution in [0, 0.1) is 0 Å². The number of carbonyl (C=O) groups is 3. The number of carbonyl (C=O) groups excluding carboxylic acids is 3. The number of thioether (sulfide) groups is 2. The number of β-lactam (4-membered cyclic amide) rings is 1. The predicted octanol–water partition coefficient (Wildman–Crippen LogP) is -4.02. The van der Waals surface area contributed by atoms with Crippen LogP contribution in [0.2, 0.25) is 0 Å². The number of aliphatic carboxylic acids is 1. The van der Waals surface area contributed by atoms with E-state index < -0.39 is 29.2 Å². The largest absolute Gasteiger partial charge is 1.00 e. The molecule has 0 spiro atoms. The fourth-order valence-electron chi connectivity index (χ4n) is 3.14. The van der Waals surface area contributed by atoms with E-state index in [1.54, 1.807) is 12.4 Å². The van der Waals surface area contributed by atoms with E-state index in [1.165, 1.54) is 46.7 Å². The van der Waals surface area contributed by atoms with Crippen molar-refractivity contribution in [2.45, 2.75) is 16.6 Å². The SMILES string of the molecule is CON=C(C(=O)NC1C(=O)N2C(C(=O)[O-])=C(CSc3nnnn3C)CS[C@@H]12)c1csc(Br)n1.[Na+]. The number of nitrogens with one attached hydrogen (secondary N) is 1. The zero-order valence-corrected chi connectivity index (χ0v) is 24.0. The van der Waals surface area contributed by atoms with Crippen molar-refractivity contribution in [3.8, 4) is 0 Å². The Labute approximate surface area is 235 Å². The molecule has 18 heteroatoms. The van der Waals surface area contributed by atoms with Gasteiger partial charge in [0.2, 0.25) is 5.16 Å². The van der Waals surface area contributed by atoms with E-state index in [0.29, 0.717) is 20.4 Å². The Morgan fingerprint density at radius 2 is 2.24 bits per heavy atom. The fraction of sp³-hybridized carbons (Fsp3) is 0.375. The van der Waals surface area contributed by atoms with Crippen molar-refractivity contribution in [1.82, 2.24) is 35.4 Å². The first-order valence-electron chi connectivity index (χ1n) is 9.08. The van der Waals surface area contributed by atoms with Crippen molar-refractivity contribution in [3.63, 3.8) is 0 Å². The summed E-state index contributed by atoms with van der Waals surface area (Å²) in [5.41, 5.74) is 0.498. The quantitative estimate of drug-likeness (QED) is 0.104. The Hall–Kier alpha value is -1.50. The predicted molar refractivity (Wildman–Crippen MR) is 120 cm³/mol. The van der Waals surface area contributed by atoms with E-state index in [0.717, 1.165) is 4.90 Å². The van der Waals surface area contributed by atoms with E-state index in [9.17, 15) is 19.5 Å². The number of hydrogen-bond acceptors (Lipinski definition) is 13. The Kier molecular flexibility index (Phi) is 9.16. The minimum absolute atomic E-state index is 0. The zero-order valence-electron chi connectivity index (χ0n) is 17.9. The summed E-state index contributed by atoms with van der Waals surface area (Å²) in [5.74, 6) is -2.08. The molecular formula is C16H14BrN8NaO5S3. The molecule has 174 valence electrons. The molecule has 0 aliphatic carbocycles. The van der Waals surface area contributed by atoms with E-state index in [2.05, 4.69) is 46.9 Å². The topological polar surface area (TPSA) is 168 Å². The molecular weight excluding hydrogens is 583 g/mol. The Bertz CT molecular complexity index is 1190. The van der Waals surface area contributed by atoms with Crippen LogP contribution in [-0.2, 0) is 26.3 Å². The van der Waals surface area contributed by atoms with Gasteiger partial charge < -0.3 is 20.1 Å². The number of fused-ring (bicyclic) bond motifs is 1. The van der Waals surface area contributed by atoms with Gasteiger partial charge in [0.25, 0.3) is 11.8 Å². The van der Waals surface area contributed by atoms with Gasteiger partial charge in [-0.05, 0) is 31.9 Å². The van der Waals surface area contributed by atoms with Gasteiger partial charge in [-0.3, -0.25) is 14.5 Å². The summed E-state index contributed by atoms with van der Waals surface area (Å²) in [6.45, 7) is 0. The first-order valence-corrected chi connectivity index (χ1v) is 12.8. The average Bonchev–Trinajstić information content (AvgIpc) is 3.40. The van der Waals surface area contributed by atoms with E-state index >= 15 is 0 Å². The number of hydrogen-bond donors (Lipinski definition) is 1. The molecule has 2 aliphatic heterocycles. The van der Waals surface area contributed by atoms with Crippen molar-refractivity contribution >= 4 is 74.3 Å². The van der Waals surface area contributed by atoms with Crippen LogP contribution in [0.1, 0.15) is 5.69 Å². The van der Waals surface area contributed by atoms with Gasteiger partial charge in [0.05, 0.1) is 11.7 Å². The fourth-order valence-corrected chi connectivity index (χ4v) is 6.47. The maximum absolute atomic E-state index is 12.8. The van der Waals surface area contributed by atoms with Crippen molar-refractivity contribution < 1.29 is 53.9 Å². The van der Waals surface area contributed by atoms with E-state index in [4.69, 9.17) is 4.84 Å². The summed E-state index contributed by atoms with van der Waals surface area (Å²) in [6, 6.07) is -0.932. The maximum Gasteiger partial charge on any atom is 1.00 e. The van der Waals surface area contributed by atoms with Gasteiger partial charge in [-0.15, -0.1) is 28.2 Å². The van der Waals surface area contributed by atoms with Gasteiger partial charge in [-0.2, -0.15) is 0 Å². The number of halogens is 1. The second kappa shape index (κ2) is 11.5. The van der Waals surface area contributed by atoms with Gasteiger partial charge in [0.1, 0.15) is 24.2 Å². The van der Waals surface area contributed by atoms with Gasteiger partial charge >= 0.3 is 29.6 Å². The third-order valence-electron chi connectivity index (χ3n) is 4.60. The Balaban J connectivity index is 0.00000324. The summed E-state index contributed by atoms with van der Waals surface area (Å²) in [6.07, 6.45) is 0. The second-order valence-electron chi connectivity index (χ2n) is 6.58. The number of aryl methyl sites for hydroxylation is 1. The molecule has 1 fully saturated rings. The molecule has 0 saturated carbocycles. The number of oxime groups is 1. The maximum atomic E-state index is 12.8. The number of tetrazole rings is 1. The Morgan fingerprint density at radius 1 is 1.47 bits per heavy atom. The van der Waals surface area contributed by atoms with E-state index in [-0.39, 0.29) is 52.4 Å². The summed E-state index contributed by atoms with van der Waals surface area (Å²) >= 11 is 7.07. The van der Waals surface area contributed by atoms with Crippen molar-refractivity contribution in [2.24, 2.45) is 12.2 Å². The van der Waals surface area contributed by atoms with Crippen LogP contribution in [0.4, 0.5) is 0 Å². The van der Waals surface area contributed by atoms with Crippen LogP contribution in [0.5, 0.6) is 0 Å². The summed E-state index contributed by atoms with van der Waals surface area (Å²) in [4.78, 5) is 47.5. The third kappa shape index (κ3) is 5.34. The van der Waals surface area contributed by atoms with Crippen LogP contribution in [-0.4, -0.2) is 83.6 Å². The molecule has 0 aromatic carbocycles. The van der Waals surface area contributed by atoms with Crippen LogP contribution < -0.4 is 40.0 Å². The van der Waals surface area contributed by atoms with Crippen LogP contribution in [0.25, 0.3) is 0 Å². The molecule has 0 radical (unpaired) electrons. The molecule has 4 rings (SSSR count). The third-order valence-corrected chi connectivity index (χ3v) is 8.40. The summed E-state index contributed by atoms with van der Waals surface area (Å²) in [5, 5.41) is 30.9. The summed E-state index contributed by atoms with van der Waals surface area (Å²) in [7, 11) is 2.95. The number of carboxylic acids is 1. The summed E-state index contributed by atoms with van der Waals surface area (Å²) < 4.78 is 2.01. The smallest absolute Gasteiger partial charge is 0.543 e. The molecule has 1 unspecified atom stereocenters. The van der Waals surface area contributed by atoms with Crippen LogP contribution in [0.3, 0.4) is 0 Å². The minimum Gasteiger partial charge on any atom is -0.543 e. The van der Waals surface area contributed by atoms with Crippen molar-refractivity contribution in [1.29, 1.82) is 0 Å². The molecule has 34 heavy (non-hydrogen) atoms. The molecule has 2 atom stereocenters. The number of nitrogens with zero attached hydrogens (tertiary/aromatic N) is 7. The first-order chi connectivity index (χ1) is 15.8. The van der Waals surface area contributed by atoms with Gasteiger partial charge in [0.15, 0.2) is 9.63 Å². The van der Waals surface area contributed by atoms with Gasteiger partial charge in [-0.1, -0.05) is 16.9 Å². The van der Waals surface area contributed by atoms with Crippen molar-refractivity contribution in [3.05, 3.63) is 26.3 Å². The molecule has 1 saturated heterocycles. The average molecular weight is 597 g/mol. The molecule has 2 aliphatic rings. The number of rotatable bonds is 8. The van der Waals surface area contributed by atoms with E-state index in [1.807, 2.05) is 0 Å². The van der Waals surface area contributed by atoms with Crippen LogP contribution in [0.15, 0.2) is 30.9 Å².